The molecular formula is C19H20FN3O3. The third kappa shape index (κ3) is 3.67. The zero-order chi connectivity index (χ0) is 18.0. The molecule has 1 aromatic carbocycles. The predicted octanol–water partition coefficient (Wildman–Crippen LogP) is 2.00. The van der Waals surface area contributed by atoms with E-state index in [0.717, 1.165) is 6.42 Å². The van der Waals surface area contributed by atoms with E-state index in [2.05, 4.69) is 9.97 Å². The summed E-state index contributed by atoms with van der Waals surface area (Å²) in [5.41, 5.74) is 0.340. The molecule has 2 saturated heterocycles. The van der Waals surface area contributed by atoms with Crippen molar-refractivity contribution >= 4 is 5.91 Å². The van der Waals surface area contributed by atoms with Gasteiger partial charge in [-0.1, -0.05) is 12.1 Å². The van der Waals surface area contributed by atoms with Gasteiger partial charge in [-0.2, -0.15) is 0 Å². The Kier molecular flexibility index (Phi) is 4.55. The first kappa shape index (κ1) is 16.9. The van der Waals surface area contributed by atoms with E-state index >= 15 is 0 Å². The van der Waals surface area contributed by atoms with E-state index in [1.807, 2.05) is 0 Å². The van der Waals surface area contributed by atoms with Gasteiger partial charge in [-0.3, -0.25) is 9.78 Å². The second kappa shape index (κ2) is 6.99. The second-order valence-electron chi connectivity index (χ2n) is 6.86. The van der Waals surface area contributed by atoms with E-state index in [1.165, 1.54) is 12.1 Å². The van der Waals surface area contributed by atoms with Crippen molar-refractivity contribution in [3.8, 4) is 5.88 Å². The minimum absolute atomic E-state index is 0.000853. The van der Waals surface area contributed by atoms with Crippen LogP contribution in [0.2, 0.25) is 0 Å². The van der Waals surface area contributed by atoms with Crippen molar-refractivity contribution in [2.24, 2.45) is 0 Å². The van der Waals surface area contributed by atoms with Crippen molar-refractivity contribution in [3.63, 3.8) is 0 Å². The predicted molar refractivity (Wildman–Crippen MR) is 91.0 cm³/mol. The molecule has 26 heavy (non-hydrogen) atoms. The van der Waals surface area contributed by atoms with Crippen LogP contribution >= 0.6 is 0 Å². The Morgan fingerprint density at radius 3 is 3.04 bits per heavy atom. The molecule has 4 rings (SSSR count). The minimum atomic E-state index is -0.345. The molecule has 2 fully saturated rings. The highest BCUT2D eigenvalue weighted by molar-refractivity contribution is 5.80. The van der Waals surface area contributed by atoms with Crippen LogP contribution < -0.4 is 4.74 Å². The van der Waals surface area contributed by atoms with Crippen molar-refractivity contribution in [1.82, 2.24) is 14.9 Å². The molecule has 0 bridgehead atoms. The fourth-order valence-electron chi connectivity index (χ4n) is 3.58. The monoisotopic (exact) mass is 357 g/mol. The number of halogens is 1. The fourth-order valence-corrected chi connectivity index (χ4v) is 3.58. The summed E-state index contributed by atoms with van der Waals surface area (Å²) in [6, 6.07) is 6.15. The maximum absolute atomic E-state index is 13.3. The highest BCUT2D eigenvalue weighted by Gasteiger charge is 2.49. The summed E-state index contributed by atoms with van der Waals surface area (Å²) < 4.78 is 25.1. The lowest BCUT2D eigenvalue weighted by molar-refractivity contribution is -0.193. The lowest BCUT2D eigenvalue weighted by Crippen LogP contribution is -2.67. The zero-order valence-corrected chi connectivity index (χ0v) is 14.3. The fraction of sp³-hybridized carbons (Fsp3) is 0.421. The number of nitrogens with zero attached hydrogens (tertiary/aromatic N) is 3. The van der Waals surface area contributed by atoms with Gasteiger partial charge in [-0.05, 0) is 17.7 Å². The van der Waals surface area contributed by atoms with Crippen LogP contribution in [0.1, 0.15) is 18.4 Å². The Morgan fingerprint density at radius 2 is 2.27 bits per heavy atom. The van der Waals surface area contributed by atoms with Gasteiger partial charge in [-0.15, -0.1) is 0 Å². The van der Waals surface area contributed by atoms with Crippen LogP contribution in [0.3, 0.4) is 0 Å². The summed E-state index contributed by atoms with van der Waals surface area (Å²) in [5, 5.41) is 0. The topological polar surface area (TPSA) is 64.6 Å². The number of hydrogen-bond donors (Lipinski definition) is 0. The second-order valence-corrected chi connectivity index (χ2v) is 6.86. The highest BCUT2D eigenvalue weighted by Crippen LogP contribution is 2.35. The molecule has 2 aliphatic rings. The van der Waals surface area contributed by atoms with Crippen LogP contribution in [-0.4, -0.2) is 52.2 Å². The van der Waals surface area contributed by atoms with E-state index in [4.69, 9.17) is 9.47 Å². The van der Waals surface area contributed by atoms with Gasteiger partial charge in [0.1, 0.15) is 17.5 Å². The van der Waals surface area contributed by atoms with Gasteiger partial charge in [0.2, 0.25) is 11.8 Å². The number of amides is 1. The normalized spacial score (nSPS) is 21.3. The summed E-state index contributed by atoms with van der Waals surface area (Å²) in [6.45, 7) is 1.68. The number of benzene rings is 1. The number of likely N-dealkylation sites (tertiary alicyclic amines) is 1. The number of ether oxygens (including phenoxy) is 2. The molecule has 6 nitrogen and oxygen atoms in total. The maximum atomic E-state index is 13.3. The quantitative estimate of drug-likeness (QED) is 0.837. The van der Waals surface area contributed by atoms with E-state index < -0.39 is 0 Å². The number of carbonyl (C=O) groups excluding carboxylic acids is 1. The lowest BCUT2D eigenvalue weighted by atomic mass is 9.84. The molecule has 2 aromatic rings. The van der Waals surface area contributed by atoms with Gasteiger partial charge in [0.05, 0.1) is 32.3 Å². The Balaban J connectivity index is 1.31. The Bertz CT molecular complexity index is 781. The number of aromatic nitrogens is 2. The summed E-state index contributed by atoms with van der Waals surface area (Å²) in [5.74, 6) is 0.171. The summed E-state index contributed by atoms with van der Waals surface area (Å²) in [7, 11) is 0. The molecule has 1 spiro atoms. The average molecular weight is 357 g/mol. The van der Waals surface area contributed by atoms with Crippen molar-refractivity contribution < 1.29 is 18.7 Å². The largest absolute Gasteiger partial charge is 0.473 e. The molecular weight excluding hydrogens is 337 g/mol. The molecule has 0 saturated carbocycles. The Hall–Kier alpha value is -2.54. The first-order chi connectivity index (χ1) is 12.6. The lowest BCUT2D eigenvalue weighted by Gasteiger charge is -2.52. The van der Waals surface area contributed by atoms with Crippen LogP contribution in [0.15, 0.2) is 42.9 Å². The molecule has 136 valence electrons. The Labute approximate surface area is 151 Å². The molecule has 1 atom stereocenters. The van der Waals surface area contributed by atoms with Gasteiger partial charge in [0.25, 0.3) is 0 Å². The van der Waals surface area contributed by atoms with E-state index in [-0.39, 0.29) is 29.9 Å². The van der Waals surface area contributed by atoms with Crippen molar-refractivity contribution in [3.05, 3.63) is 54.2 Å². The SMILES string of the molecule is O=C(Cc1cccc(F)c1)N1CC2(C[C@@H](Oc3cnccn3)CCO2)C1. The molecule has 3 heterocycles. The molecule has 0 N–H and O–H groups in total. The highest BCUT2D eigenvalue weighted by atomic mass is 19.1. The first-order valence-electron chi connectivity index (χ1n) is 8.71. The van der Waals surface area contributed by atoms with Crippen LogP contribution in [0.5, 0.6) is 5.88 Å². The molecule has 0 unspecified atom stereocenters. The summed E-state index contributed by atoms with van der Waals surface area (Å²) in [6.07, 6.45) is 6.50. The summed E-state index contributed by atoms with van der Waals surface area (Å²) in [4.78, 5) is 22.3. The van der Waals surface area contributed by atoms with Gasteiger partial charge in [0.15, 0.2) is 0 Å². The van der Waals surface area contributed by atoms with E-state index in [1.54, 1.807) is 35.6 Å². The van der Waals surface area contributed by atoms with Crippen LogP contribution in [0.25, 0.3) is 0 Å². The van der Waals surface area contributed by atoms with Crippen molar-refractivity contribution in [2.75, 3.05) is 19.7 Å². The van der Waals surface area contributed by atoms with Gasteiger partial charge in [-0.25, -0.2) is 9.37 Å². The molecule has 1 amide bonds. The van der Waals surface area contributed by atoms with Gasteiger partial charge < -0.3 is 14.4 Å². The number of carbonyl (C=O) groups is 1. The molecule has 2 aliphatic heterocycles. The van der Waals surface area contributed by atoms with Crippen LogP contribution in [-0.2, 0) is 16.0 Å². The number of rotatable bonds is 4. The van der Waals surface area contributed by atoms with Crippen molar-refractivity contribution in [1.29, 1.82) is 0 Å². The summed E-state index contributed by atoms with van der Waals surface area (Å²) >= 11 is 0. The molecule has 1 aromatic heterocycles. The standard InChI is InChI=1S/C19H20FN3O3/c20-15-3-1-2-14(8-15)9-18(24)23-12-19(13-23)10-16(4-7-25-19)26-17-11-21-5-6-22-17/h1-3,5-6,8,11,16H,4,7,9-10,12-13H2/t16-/m0/s1. The zero-order valence-electron chi connectivity index (χ0n) is 14.3. The van der Waals surface area contributed by atoms with E-state index in [0.29, 0.717) is 37.6 Å². The average Bonchev–Trinajstić information content (AvgIpc) is 2.60. The minimum Gasteiger partial charge on any atom is -0.473 e. The smallest absolute Gasteiger partial charge is 0.232 e. The first-order valence-corrected chi connectivity index (χ1v) is 8.71. The Morgan fingerprint density at radius 1 is 1.38 bits per heavy atom. The van der Waals surface area contributed by atoms with Gasteiger partial charge >= 0.3 is 0 Å². The third-order valence-corrected chi connectivity index (χ3v) is 4.83. The van der Waals surface area contributed by atoms with Crippen LogP contribution in [0.4, 0.5) is 4.39 Å². The number of hydrogen-bond acceptors (Lipinski definition) is 5. The van der Waals surface area contributed by atoms with Crippen molar-refractivity contribution in [2.45, 2.75) is 31.0 Å². The molecule has 0 radical (unpaired) electrons. The third-order valence-electron chi connectivity index (χ3n) is 4.83. The molecule has 0 aliphatic carbocycles. The maximum Gasteiger partial charge on any atom is 0.232 e. The molecule has 7 heteroatoms. The van der Waals surface area contributed by atoms with E-state index in [9.17, 15) is 9.18 Å². The van der Waals surface area contributed by atoms with Crippen LogP contribution in [0, 0.1) is 5.82 Å². The van der Waals surface area contributed by atoms with Gasteiger partial charge in [0, 0.05) is 25.2 Å².